The summed E-state index contributed by atoms with van der Waals surface area (Å²) in [5, 5.41) is 29.5. The number of tetrazole rings is 1. The van der Waals surface area contributed by atoms with E-state index in [2.05, 4.69) is 36.4 Å². The summed E-state index contributed by atoms with van der Waals surface area (Å²) in [7, 11) is 0. The highest BCUT2D eigenvalue weighted by Gasteiger charge is 2.74. The molecule has 4 rings (SSSR count). The largest absolute Gasteiger partial charge is 0.465 e. The van der Waals surface area contributed by atoms with E-state index < -0.39 is 29.8 Å². The lowest BCUT2D eigenvalue weighted by molar-refractivity contribution is -0.119. The standard InChI is InChI=1S/C16H13F2N7O4/c1-6-11(20-15(27)28)12(29-23-6)7-2-4-8(5-3-7)19-14(26)10-9(16(10,17)18)13-21-24-25-22-13/h2-5,9-10,20H,1H3,(H,19,26)(H,27,28)(H,21,22,24,25). The Morgan fingerprint density at radius 3 is 2.59 bits per heavy atom. The minimum Gasteiger partial charge on any atom is -0.465 e. The highest BCUT2D eigenvalue weighted by Crippen LogP contribution is 2.60. The fourth-order valence-electron chi connectivity index (χ4n) is 3.04. The summed E-state index contributed by atoms with van der Waals surface area (Å²) in [6.07, 6.45) is -1.27. The van der Waals surface area contributed by atoms with E-state index in [0.29, 0.717) is 11.3 Å². The number of aryl methyl sites for hydroxylation is 1. The maximum Gasteiger partial charge on any atom is 0.409 e. The lowest BCUT2D eigenvalue weighted by atomic mass is 10.1. The summed E-state index contributed by atoms with van der Waals surface area (Å²) >= 11 is 0. The van der Waals surface area contributed by atoms with Crippen molar-refractivity contribution in [1.82, 2.24) is 25.8 Å². The van der Waals surface area contributed by atoms with E-state index in [1.807, 2.05) is 0 Å². The topological polar surface area (TPSA) is 159 Å². The maximum absolute atomic E-state index is 14.0. The third kappa shape index (κ3) is 3.26. The van der Waals surface area contributed by atoms with Gasteiger partial charge in [-0.05, 0) is 41.6 Å². The lowest BCUT2D eigenvalue weighted by Gasteiger charge is -2.06. The van der Waals surface area contributed by atoms with Gasteiger partial charge in [0, 0.05) is 11.3 Å². The Hall–Kier alpha value is -3.90. The number of carboxylic acid groups (broad SMARTS) is 1. The van der Waals surface area contributed by atoms with Crippen molar-refractivity contribution < 1.29 is 28.0 Å². The molecule has 29 heavy (non-hydrogen) atoms. The van der Waals surface area contributed by atoms with Crippen LogP contribution < -0.4 is 10.6 Å². The predicted octanol–water partition coefficient (Wildman–Crippen LogP) is 2.24. The molecule has 150 valence electrons. The number of rotatable bonds is 5. The number of H-pyrrole nitrogens is 1. The molecule has 2 atom stereocenters. The zero-order valence-electron chi connectivity index (χ0n) is 14.7. The second-order valence-electron chi connectivity index (χ2n) is 6.39. The number of anilines is 2. The number of carbonyl (C=O) groups is 2. The molecular formula is C16H13F2N7O4. The van der Waals surface area contributed by atoms with Crippen LogP contribution in [-0.2, 0) is 4.79 Å². The van der Waals surface area contributed by atoms with Gasteiger partial charge in [0.2, 0.25) is 5.91 Å². The molecule has 0 saturated heterocycles. The minimum atomic E-state index is -3.25. The van der Waals surface area contributed by atoms with Crippen molar-refractivity contribution in [2.24, 2.45) is 5.92 Å². The first-order valence-corrected chi connectivity index (χ1v) is 8.28. The van der Waals surface area contributed by atoms with Crippen LogP contribution in [0.1, 0.15) is 17.4 Å². The molecule has 4 N–H and O–H groups in total. The number of hydrogen-bond donors (Lipinski definition) is 4. The Labute approximate surface area is 160 Å². The molecule has 0 bridgehead atoms. The molecule has 11 nitrogen and oxygen atoms in total. The number of nitrogens with one attached hydrogen (secondary N) is 3. The zero-order chi connectivity index (χ0) is 20.8. The molecule has 1 aliphatic rings. The summed E-state index contributed by atoms with van der Waals surface area (Å²) in [6.45, 7) is 1.57. The average molecular weight is 405 g/mol. The first-order chi connectivity index (χ1) is 13.8. The first-order valence-electron chi connectivity index (χ1n) is 8.28. The molecule has 13 heteroatoms. The Bertz CT molecular complexity index is 1070. The number of carbonyl (C=O) groups excluding carboxylic acids is 1. The quantitative estimate of drug-likeness (QED) is 0.503. The van der Waals surface area contributed by atoms with E-state index in [9.17, 15) is 18.4 Å². The van der Waals surface area contributed by atoms with Gasteiger partial charge in [0.05, 0.1) is 0 Å². The van der Waals surface area contributed by atoms with Crippen LogP contribution >= 0.6 is 0 Å². The van der Waals surface area contributed by atoms with Gasteiger partial charge in [0.25, 0.3) is 5.92 Å². The average Bonchev–Trinajstić information content (AvgIpc) is 3.03. The van der Waals surface area contributed by atoms with E-state index in [0.717, 1.165) is 0 Å². The van der Waals surface area contributed by atoms with E-state index in [4.69, 9.17) is 9.63 Å². The molecule has 3 aromatic rings. The van der Waals surface area contributed by atoms with Gasteiger partial charge in [-0.25, -0.2) is 18.7 Å². The zero-order valence-corrected chi connectivity index (χ0v) is 14.7. The number of benzene rings is 1. The van der Waals surface area contributed by atoms with E-state index >= 15 is 0 Å². The smallest absolute Gasteiger partial charge is 0.409 e. The second-order valence-corrected chi connectivity index (χ2v) is 6.39. The van der Waals surface area contributed by atoms with Gasteiger partial charge in [-0.2, -0.15) is 0 Å². The highest BCUT2D eigenvalue weighted by molar-refractivity contribution is 5.97. The molecule has 2 aromatic heterocycles. The molecule has 2 amide bonds. The van der Waals surface area contributed by atoms with Crippen molar-refractivity contribution in [2.75, 3.05) is 10.6 Å². The predicted molar refractivity (Wildman–Crippen MR) is 92.3 cm³/mol. The number of amides is 2. The SMILES string of the molecule is Cc1noc(-c2ccc(NC(=O)C3C(c4nnn[nH]4)C3(F)F)cc2)c1NC(=O)O. The molecule has 0 spiro atoms. The van der Waals surface area contributed by atoms with Crippen LogP contribution in [0.2, 0.25) is 0 Å². The molecule has 2 heterocycles. The fraction of sp³-hybridized carbons (Fsp3) is 0.250. The summed E-state index contributed by atoms with van der Waals surface area (Å²) in [5.41, 5.74) is 1.30. The molecule has 1 saturated carbocycles. The van der Waals surface area contributed by atoms with Crippen LogP contribution in [-0.4, -0.2) is 48.8 Å². The van der Waals surface area contributed by atoms with Gasteiger partial charge in [-0.3, -0.25) is 10.1 Å². The molecular weight excluding hydrogens is 392 g/mol. The third-order valence-electron chi connectivity index (χ3n) is 4.50. The van der Waals surface area contributed by atoms with Gasteiger partial charge >= 0.3 is 6.09 Å². The number of halogens is 2. The van der Waals surface area contributed by atoms with Crippen molar-refractivity contribution >= 4 is 23.4 Å². The van der Waals surface area contributed by atoms with Crippen molar-refractivity contribution in [2.45, 2.75) is 18.8 Å². The fourth-order valence-corrected chi connectivity index (χ4v) is 3.04. The molecule has 1 fully saturated rings. The lowest BCUT2D eigenvalue weighted by Crippen LogP contribution is -2.17. The third-order valence-corrected chi connectivity index (χ3v) is 4.50. The van der Waals surface area contributed by atoms with Crippen LogP contribution in [0.15, 0.2) is 28.8 Å². The van der Waals surface area contributed by atoms with Crippen molar-refractivity contribution in [3.8, 4) is 11.3 Å². The van der Waals surface area contributed by atoms with Crippen molar-refractivity contribution in [3.05, 3.63) is 35.8 Å². The first kappa shape index (κ1) is 18.5. The minimum absolute atomic E-state index is 0.148. The van der Waals surface area contributed by atoms with Crippen LogP contribution in [0.3, 0.4) is 0 Å². The number of aromatic amines is 1. The van der Waals surface area contributed by atoms with E-state index in [1.54, 1.807) is 6.92 Å². The maximum atomic E-state index is 14.0. The summed E-state index contributed by atoms with van der Waals surface area (Å²) < 4.78 is 33.1. The van der Waals surface area contributed by atoms with Gasteiger partial charge in [0.15, 0.2) is 11.6 Å². The highest BCUT2D eigenvalue weighted by atomic mass is 19.3. The second kappa shape index (κ2) is 6.61. The van der Waals surface area contributed by atoms with Crippen molar-refractivity contribution in [3.63, 3.8) is 0 Å². The number of hydrogen-bond acceptors (Lipinski definition) is 7. The Balaban J connectivity index is 1.48. The van der Waals surface area contributed by atoms with Gasteiger partial charge in [0.1, 0.15) is 23.2 Å². The van der Waals surface area contributed by atoms with Crippen LogP contribution in [0, 0.1) is 12.8 Å². The van der Waals surface area contributed by atoms with Crippen LogP contribution in [0.25, 0.3) is 11.3 Å². The normalized spacial score (nSPS) is 19.6. The Morgan fingerprint density at radius 2 is 1.97 bits per heavy atom. The van der Waals surface area contributed by atoms with Crippen molar-refractivity contribution in [1.29, 1.82) is 0 Å². The summed E-state index contributed by atoms with van der Waals surface area (Å²) in [5.74, 6) is -7.06. The van der Waals surface area contributed by atoms with Crippen LogP contribution in [0.4, 0.5) is 25.0 Å². The number of aromatic nitrogens is 5. The molecule has 2 unspecified atom stereocenters. The van der Waals surface area contributed by atoms with Gasteiger partial charge in [-0.15, -0.1) is 5.10 Å². The number of nitrogens with zero attached hydrogens (tertiary/aromatic N) is 4. The van der Waals surface area contributed by atoms with Crippen LogP contribution in [0.5, 0.6) is 0 Å². The molecule has 1 aliphatic carbocycles. The Morgan fingerprint density at radius 1 is 1.24 bits per heavy atom. The monoisotopic (exact) mass is 405 g/mol. The molecule has 1 aromatic carbocycles. The van der Waals surface area contributed by atoms with E-state index in [1.165, 1.54) is 24.3 Å². The summed E-state index contributed by atoms with van der Waals surface area (Å²) in [4.78, 5) is 23.2. The summed E-state index contributed by atoms with van der Waals surface area (Å²) in [6, 6.07) is 6.01. The Kier molecular flexibility index (Phi) is 4.21. The van der Waals surface area contributed by atoms with Gasteiger partial charge < -0.3 is 14.9 Å². The number of alkyl halides is 2. The molecule has 0 aliphatic heterocycles. The van der Waals surface area contributed by atoms with Gasteiger partial charge in [-0.1, -0.05) is 5.16 Å². The molecule has 0 radical (unpaired) electrons. The van der Waals surface area contributed by atoms with E-state index in [-0.39, 0.29) is 23.0 Å².